The quantitative estimate of drug-likeness (QED) is 0.822. The van der Waals surface area contributed by atoms with Crippen molar-refractivity contribution in [2.24, 2.45) is 7.05 Å². The number of aryl methyl sites for hydroxylation is 1. The molecule has 0 fully saturated rings. The lowest BCUT2D eigenvalue weighted by molar-refractivity contribution is 0.373. The number of imidazole rings is 1. The van der Waals surface area contributed by atoms with Crippen LogP contribution in [0.4, 0.5) is 0 Å². The maximum absolute atomic E-state index is 5.20. The number of hydrogen-bond donors (Lipinski definition) is 1. The van der Waals surface area contributed by atoms with Crippen LogP contribution in [0.3, 0.4) is 0 Å². The predicted molar refractivity (Wildman–Crippen MR) is 68.5 cm³/mol. The lowest BCUT2D eigenvalue weighted by Gasteiger charge is -2.06. The zero-order valence-corrected chi connectivity index (χ0v) is 11.1. The van der Waals surface area contributed by atoms with Crippen LogP contribution in [0.5, 0.6) is 5.88 Å². The maximum Gasteiger partial charge on any atom is 0.211 e. The van der Waals surface area contributed by atoms with Crippen LogP contribution in [0.2, 0.25) is 0 Å². The molecule has 6 heteroatoms. The molecule has 0 atom stereocenters. The molecule has 18 heavy (non-hydrogen) atoms. The van der Waals surface area contributed by atoms with Crippen molar-refractivity contribution in [3.8, 4) is 5.88 Å². The molecule has 6 nitrogen and oxygen atoms in total. The maximum atomic E-state index is 5.20. The predicted octanol–water partition coefficient (Wildman–Crippen LogP) is 0.783. The number of nitrogens with zero attached hydrogens (tertiary/aromatic N) is 4. The van der Waals surface area contributed by atoms with Gasteiger partial charge >= 0.3 is 0 Å². The Morgan fingerprint density at radius 2 is 2.28 bits per heavy atom. The third-order valence-corrected chi connectivity index (χ3v) is 2.78. The lowest BCUT2D eigenvalue weighted by atomic mass is 10.4. The molecule has 0 aliphatic carbocycles. The van der Waals surface area contributed by atoms with E-state index in [2.05, 4.69) is 26.9 Å². The minimum absolute atomic E-state index is 0.706. The van der Waals surface area contributed by atoms with Gasteiger partial charge in [0.2, 0.25) is 5.88 Å². The van der Waals surface area contributed by atoms with E-state index < -0.39 is 0 Å². The second kappa shape index (κ2) is 5.68. The molecule has 0 unspecified atom stereocenters. The van der Waals surface area contributed by atoms with E-state index in [0.29, 0.717) is 6.54 Å². The highest BCUT2D eigenvalue weighted by Crippen LogP contribution is 2.13. The molecule has 0 aliphatic rings. The summed E-state index contributed by atoms with van der Waals surface area (Å²) in [5, 5.41) is 7.69. The Balaban J connectivity index is 2.10. The Morgan fingerprint density at radius 3 is 2.94 bits per heavy atom. The molecule has 98 valence electrons. The Kier molecular flexibility index (Phi) is 3.99. The highest BCUT2D eigenvalue weighted by molar-refractivity contribution is 5.16. The fourth-order valence-corrected chi connectivity index (χ4v) is 1.84. The summed E-state index contributed by atoms with van der Waals surface area (Å²) >= 11 is 0. The summed E-state index contributed by atoms with van der Waals surface area (Å²) in [5.41, 5.74) is 2.12. The van der Waals surface area contributed by atoms with Crippen LogP contribution in [0.25, 0.3) is 0 Å². The van der Waals surface area contributed by atoms with Crippen molar-refractivity contribution in [1.82, 2.24) is 24.6 Å². The van der Waals surface area contributed by atoms with Crippen molar-refractivity contribution in [2.45, 2.75) is 20.0 Å². The molecule has 0 spiro atoms. The van der Waals surface area contributed by atoms with Crippen LogP contribution in [0.1, 0.15) is 18.3 Å². The van der Waals surface area contributed by atoms with Gasteiger partial charge in [-0.05, 0) is 6.54 Å². The molecular weight excluding hydrogens is 230 g/mol. The Morgan fingerprint density at radius 1 is 1.44 bits per heavy atom. The number of methoxy groups -OCH3 is 1. The van der Waals surface area contributed by atoms with Crippen LogP contribution in [0.15, 0.2) is 18.6 Å². The van der Waals surface area contributed by atoms with E-state index in [0.717, 1.165) is 30.4 Å². The van der Waals surface area contributed by atoms with Crippen molar-refractivity contribution >= 4 is 0 Å². The molecule has 0 bridgehead atoms. The van der Waals surface area contributed by atoms with Gasteiger partial charge in [-0.2, -0.15) is 5.10 Å². The van der Waals surface area contributed by atoms with Gasteiger partial charge in [0, 0.05) is 25.9 Å². The normalized spacial score (nSPS) is 10.8. The van der Waals surface area contributed by atoms with Crippen molar-refractivity contribution in [1.29, 1.82) is 0 Å². The number of hydrogen-bond acceptors (Lipinski definition) is 4. The number of nitrogens with one attached hydrogen (secondary N) is 1. The van der Waals surface area contributed by atoms with Gasteiger partial charge in [-0.15, -0.1) is 0 Å². The van der Waals surface area contributed by atoms with Crippen LogP contribution >= 0.6 is 0 Å². The molecule has 2 rings (SSSR count). The standard InChI is InChI=1S/C12H19N5O/c1-4-13-6-11-7-14-9-17(11)8-10-5-12(18-3)16(2)15-10/h5,7,9,13H,4,6,8H2,1-3H3. The first-order valence-electron chi connectivity index (χ1n) is 6.01. The van der Waals surface area contributed by atoms with Crippen LogP contribution < -0.4 is 10.1 Å². The Bertz CT molecular complexity index is 502. The highest BCUT2D eigenvalue weighted by atomic mass is 16.5. The van der Waals surface area contributed by atoms with Gasteiger partial charge in [0.25, 0.3) is 0 Å². The number of ether oxygens (including phenoxy) is 1. The van der Waals surface area contributed by atoms with Gasteiger partial charge in [0.15, 0.2) is 0 Å². The number of aromatic nitrogens is 4. The monoisotopic (exact) mass is 249 g/mol. The smallest absolute Gasteiger partial charge is 0.211 e. The largest absolute Gasteiger partial charge is 0.481 e. The van der Waals surface area contributed by atoms with Crippen molar-refractivity contribution in [3.05, 3.63) is 30.0 Å². The molecule has 2 aromatic rings. The van der Waals surface area contributed by atoms with Crippen molar-refractivity contribution < 1.29 is 4.74 Å². The van der Waals surface area contributed by atoms with E-state index in [1.807, 2.05) is 25.6 Å². The average Bonchev–Trinajstić information content (AvgIpc) is 2.94. The summed E-state index contributed by atoms with van der Waals surface area (Å²) in [5.74, 6) is 0.762. The molecule has 0 aromatic carbocycles. The van der Waals surface area contributed by atoms with Gasteiger partial charge in [-0.3, -0.25) is 0 Å². The summed E-state index contributed by atoms with van der Waals surface area (Å²) in [6.45, 7) is 4.56. The van der Waals surface area contributed by atoms with Gasteiger partial charge in [0.1, 0.15) is 0 Å². The summed E-state index contributed by atoms with van der Waals surface area (Å²) in [7, 11) is 3.52. The summed E-state index contributed by atoms with van der Waals surface area (Å²) in [4.78, 5) is 4.18. The molecular formula is C12H19N5O. The third-order valence-electron chi connectivity index (χ3n) is 2.78. The Labute approximate surface area is 107 Å². The van der Waals surface area contributed by atoms with E-state index in [9.17, 15) is 0 Å². The zero-order valence-electron chi connectivity index (χ0n) is 11.1. The van der Waals surface area contributed by atoms with Crippen LogP contribution in [-0.4, -0.2) is 33.0 Å². The highest BCUT2D eigenvalue weighted by Gasteiger charge is 2.08. The molecule has 2 heterocycles. The molecule has 0 aliphatic heterocycles. The van der Waals surface area contributed by atoms with Gasteiger partial charge in [0.05, 0.1) is 31.4 Å². The minimum Gasteiger partial charge on any atom is -0.481 e. The van der Waals surface area contributed by atoms with E-state index >= 15 is 0 Å². The van der Waals surface area contributed by atoms with Crippen molar-refractivity contribution in [3.63, 3.8) is 0 Å². The van der Waals surface area contributed by atoms with Gasteiger partial charge in [-0.25, -0.2) is 9.67 Å². The first-order chi connectivity index (χ1) is 8.74. The molecule has 0 radical (unpaired) electrons. The summed E-state index contributed by atoms with van der Waals surface area (Å²) in [6, 6.07) is 1.94. The van der Waals surface area contributed by atoms with Crippen LogP contribution in [0, 0.1) is 0 Å². The summed E-state index contributed by atoms with van der Waals surface area (Å²) < 4.78 is 9.02. The molecule has 2 aromatic heterocycles. The van der Waals surface area contributed by atoms with E-state index in [1.54, 1.807) is 11.8 Å². The first-order valence-corrected chi connectivity index (χ1v) is 6.01. The van der Waals surface area contributed by atoms with Gasteiger partial charge < -0.3 is 14.6 Å². The fourth-order valence-electron chi connectivity index (χ4n) is 1.84. The average molecular weight is 249 g/mol. The minimum atomic E-state index is 0.706. The number of rotatable bonds is 6. The molecule has 1 N–H and O–H groups in total. The molecule has 0 saturated heterocycles. The zero-order chi connectivity index (χ0) is 13.0. The second-order valence-electron chi connectivity index (χ2n) is 4.09. The molecule has 0 saturated carbocycles. The SMILES string of the molecule is CCNCc1cncn1Cc1cc(OC)n(C)n1. The molecule has 0 amide bonds. The fraction of sp³-hybridized carbons (Fsp3) is 0.500. The lowest BCUT2D eigenvalue weighted by Crippen LogP contribution is -2.15. The Hall–Kier alpha value is -1.82. The van der Waals surface area contributed by atoms with Gasteiger partial charge in [-0.1, -0.05) is 6.92 Å². The van der Waals surface area contributed by atoms with Crippen LogP contribution in [-0.2, 0) is 20.1 Å². The first kappa shape index (κ1) is 12.6. The van der Waals surface area contributed by atoms with E-state index in [4.69, 9.17) is 4.74 Å². The van der Waals surface area contributed by atoms with E-state index in [-0.39, 0.29) is 0 Å². The summed E-state index contributed by atoms with van der Waals surface area (Å²) in [6.07, 6.45) is 3.71. The second-order valence-corrected chi connectivity index (χ2v) is 4.09. The van der Waals surface area contributed by atoms with E-state index in [1.165, 1.54) is 0 Å². The van der Waals surface area contributed by atoms with Crippen molar-refractivity contribution in [2.75, 3.05) is 13.7 Å². The topological polar surface area (TPSA) is 56.9 Å². The third kappa shape index (κ3) is 2.70.